The van der Waals surface area contributed by atoms with Gasteiger partial charge in [0.1, 0.15) is 0 Å². The quantitative estimate of drug-likeness (QED) is 0.874. The monoisotopic (exact) mass is 247 g/mol. The molecule has 2 bridgehead atoms. The number of hydrogen-bond donors (Lipinski definition) is 1. The van der Waals surface area contributed by atoms with Gasteiger partial charge < -0.3 is 5.73 Å². The second kappa shape index (κ2) is 4.66. The van der Waals surface area contributed by atoms with Crippen molar-refractivity contribution in [1.29, 1.82) is 0 Å². The molecule has 17 heavy (non-hydrogen) atoms. The summed E-state index contributed by atoms with van der Waals surface area (Å²) in [5.74, 6) is 2.03. The van der Waals surface area contributed by atoms with Crippen LogP contribution in [0.25, 0.3) is 0 Å². The molecule has 1 aromatic carbocycles. The van der Waals surface area contributed by atoms with Crippen LogP contribution in [0, 0.1) is 11.8 Å². The maximum absolute atomic E-state index is 5.94. The molecule has 0 radical (unpaired) electrons. The van der Waals surface area contributed by atoms with Crippen LogP contribution in [0.1, 0.15) is 44.2 Å². The van der Waals surface area contributed by atoms with Crippen LogP contribution >= 0.6 is 11.8 Å². The van der Waals surface area contributed by atoms with Crippen molar-refractivity contribution in [2.75, 3.05) is 0 Å². The average molecular weight is 247 g/mol. The average Bonchev–Trinajstić information content (AvgIpc) is 2.91. The molecule has 0 saturated heterocycles. The Morgan fingerprint density at radius 3 is 2.82 bits per heavy atom. The van der Waals surface area contributed by atoms with Gasteiger partial charge >= 0.3 is 0 Å². The molecule has 0 spiro atoms. The van der Waals surface area contributed by atoms with Crippen LogP contribution in [0.15, 0.2) is 29.2 Å². The second-order valence-electron chi connectivity index (χ2n) is 5.69. The fourth-order valence-electron chi connectivity index (χ4n) is 3.38. The van der Waals surface area contributed by atoms with E-state index in [1.165, 1.54) is 36.1 Å². The van der Waals surface area contributed by atoms with Gasteiger partial charge in [0.2, 0.25) is 0 Å². The van der Waals surface area contributed by atoms with Gasteiger partial charge in [-0.25, -0.2) is 0 Å². The largest absolute Gasteiger partial charge is 0.324 e. The standard InChI is InChI=1S/C15H21NS/c1-10(16)12-3-2-4-14(9-12)17-15-8-11-5-6-13(15)7-11/h2-4,9-11,13,15H,5-8,16H2,1H3. The van der Waals surface area contributed by atoms with Crippen molar-refractivity contribution in [3.8, 4) is 0 Å². The molecule has 2 aliphatic carbocycles. The first-order valence-corrected chi connectivity index (χ1v) is 7.62. The molecular formula is C15H21NS. The van der Waals surface area contributed by atoms with E-state index in [0.29, 0.717) is 0 Å². The molecule has 3 rings (SSSR count). The van der Waals surface area contributed by atoms with E-state index >= 15 is 0 Å². The van der Waals surface area contributed by atoms with E-state index in [2.05, 4.69) is 43.0 Å². The van der Waals surface area contributed by atoms with Crippen LogP contribution in [-0.2, 0) is 0 Å². The maximum atomic E-state index is 5.94. The third-order valence-corrected chi connectivity index (χ3v) is 5.75. The van der Waals surface area contributed by atoms with E-state index in [9.17, 15) is 0 Å². The molecule has 2 N–H and O–H groups in total. The summed E-state index contributed by atoms with van der Waals surface area (Å²) in [5.41, 5.74) is 7.20. The number of benzene rings is 1. The lowest BCUT2D eigenvalue weighted by Gasteiger charge is -2.21. The third kappa shape index (κ3) is 2.38. The zero-order chi connectivity index (χ0) is 11.8. The molecule has 0 aromatic heterocycles. The van der Waals surface area contributed by atoms with Crippen LogP contribution in [-0.4, -0.2) is 5.25 Å². The Balaban J connectivity index is 1.70. The van der Waals surface area contributed by atoms with Crippen LogP contribution in [0.4, 0.5) is 0 Å². The van der Waals surface area contributed by atoms with E-state index in [0.717, 1.165) is 17.1 Å². The molecular weight excluding hydrogens is 226 g/mol. The van der Waals surface area contributed by atoms with Crippen LogP contribution in [0.2, 0.25) is 0 Å². The zero-order valence-electron chi connectivity index (χ0n) is 10.4. The Morgan fingerprint density at radius 1 is 1.29 bits per heavy atom. The van der Waals surface area contributed by atoms with Crippen LogP contribution in [0.5, 0.6) is 0 Å². The van der Waals surface area contributed by atoms with Gasteiger partial charge in [-0.05, 0) is 55.7 Å². The molecule has 1 nitrogen and oxygen atoms in total. The van der Waals surface area contributed by atoms with Gasteiger partial charge in [0, 0.05) is 16.2 Å². The Kier molecular flexibility index (Phi) is 3.18. The first kappa shape index (κ1) is 11.6. The normalized spacial score (nSPS) is 32.9. The van der Waals surface area contributed by atoms with E-state index in [4.69, 9.17) is 5.73 Å². The minimum absolute atomic E-state index is 0.149. The Labute approximate surface area is 108 Å². The van der Waals surface area contributed by atoms with Crippen molar-refractivity contribution in [2.45, 2.75) is 48.8 Å². The summed E-state index contributed by atoms with van der Waals surface area (Å²) in [5, 5.41) is 0.872. The Morgan fingerprint density at radius 2 is 2.18 bits per heavy atom. The van der Waals surface area contributed by atoms with Gasteiger partial charge in [-0.1, -0.05) is 18.6 Å². The lowest BCUT2D eigenvalue weighted by Crippen LogP contribution is -2.12. The highest BCUT2D eigenvalue weighted by molar-refractivity contribution is 8.00. The molecule has 4 atom stereocenters. The SMILES string of the molecule is CC(N)c1cccc(SC2CC3CCC2C3)c1. The first-order valence-electron chi connectivity index (χ1n) is 6.74. The van der Waals surface area contributed by atoms with E-state index in [1.54, 1.807) is 0 Å². The molecule has 0 amide bonds. The molecule has 0 aliphatic heterocycles. The second-order valence-corrected chi connectivity index (χ2v) is 7.00. The number of thioether (sulfide) groups is 1. The Hall–Kier alpha value is -0.470. The van der Waals surface area contributed by atoms with Crippen LogP contribution < -0.4 is 5.73 Å². The molecule has 2 heteroatoms. The van der Waals surface area contributed by atoms with E-state index < -0.39 is 0 Å². The summed E-state index contributed by atoms with van der Waals surface area (Å²) in [6.45, 7) is 2.06. The molecule has 4 unspecified atom stereocenters. The van der Waals surface area contributed by atoms with Gasteiger partial charge in [-0.2, -0.15) is 0 Å². The topological polar surface area (TPSA) is 26.0 Å². The van der Waals surface area contributed by atoms with Crippen molar-refractivity contribution in [3.05, 3.63) is 29.8 Å². The lowest BCUT2D eigenvalue weighted by molar-refractivity contribution is 0.492. The smallest absolute Gasteiger partial charge is 0.0266 e. The molecule has 2 fully saturated rings. The molecule has 2 saturated carbocycles. The highest BCUT2D eigenvalue weighted by Crippen LogP contribution is 2.51. The highest BCUT2D eigenvalue weighted by atomic mass is 32.2. The number of nitrogens with two attached hydrogens (primary N) is 1. The predicted octanol–water partition coefficient (Wildman–Crippen LogP) is 3.99. The van der Waals surface area contributed by atoms with Gasteiger partial charge in [0.25, 0.3) is 0 Å². The van der Waals surface area contributed by atoms with Crippen molar-refractivity contribution >= 4 is 11.8 Å². The fraction of sp³-hybridized carbons (Fsp3) is 0.600. The zero-order valence-corrected chi connectivity index (χ0v) is 11.2. The highest BCUT2D eigenvalue weighted by Gasteiger charge is 2.39. The van der Waals surface area contributed by atoms with Crippen LogP contribution in [0.3, 0.4) is 0 Å². The number of fused-ring (bicyclic) bond motifs is 2. The number of hydrogen-bond acceptors (Lipinski definition) is 2. The maximum Gasteiger partial charge on any atom is 0.0266 e. The minimum Gasteiger partial charge on any atom is -0.324 e. The summed E-state index contributed by atoms with van der Waals surface area (Å²) in [7, 11) is 0. The van der Waals surface area contributed by atoms with Gasteiger partial charge in [-0.15, -0.1) is 11.8 Å². The molecule has 0 heterocycles. The molecule has 1 aromatic rings. The Bertz CT molecular complexity index is 402. The summed E-state index contributed by atoms with van der Waals surface area (Å²) < 4.78 is 0. The van der Waals surface area contributed by atoms with Gasteiger partial charge in [-0.3, -0.25) is 0 Å². The van der Waals surface area contributed by atoms with Crippen molar-refractivity contribution < 1.29 is 0 Å². The summed E-state index contributed by atoms with van der Waals surface area (Å²) >= 11 is 2.09. The summed E-state index contributed by atoms with van der Waals surface area (Å²) in [6.07, 6.45) is 5.89. The van der Waals surface area contributed by atoms with E-state index in [1.807, 2.05) is 0 Å². The lowest BCUT2D eigenvalue weighted by atomic mass is 10.0. The summed E-state index contributed by atoms with van der Waals surface area (Å²) in [6, 6.07) is 8.95. The molecule has 2 aliphatic rings. The number of rotatable bonds is 3. The summed E-state index contributed by atoms with van der Waals surface area (Å²) in [4.78, 5) is 1.41. The minimum atomic E-state index is 0.149. The third-order valence-electron chi connectivity index (χ3n) is 4.34. The van der Waals surface area contributed by atoms with Gasteiger partial charge in [0.05, 0.1) is 0 Å². The van der Waals surface area contributed by atoms with E-state index in [-0.39, 0.29) is 6.04 Å². The van der Waals surface area contributed by atoms with Gasteiger partial charge in [0.15, 0.2) is 0 Å². The van der Waals surface area contributed by atoms with Crippen molar-refractivity contribution in [2.24, 2.45) is 17.6 Å². The fourth-order valence-corrected chi connectivity index (χ4v) is 4.90. The molecule has 92 valence electrons. The first-order chi connectivity index (χ1) is 8.22. The van der Waals surface area contributed by atoms with Crippen molar-refractivity contribution in [3.63, 3.8) is 0 Å². The predicted molar refractivity (Wildman–Crippen MR) is 74.1 cm³/mol. The van der Waals surface area contributed by atoms with Crippen molar-refractivity contribution in [1.82, 2.24) is 0 Å².